The number of ether oxygens (including phenoxy) is 1. The highest BCUT2D eigenvalue weighted by Gasteiger charge is 2.18. The molecule has 0 saturated heterocycles. The highest BCUT2D eigenvalue weighted by atomic mass is 32.2. The van der Waals surface area contributed by atoms with Crippen LogP contribution in [0.1, 0.15) is 60.9 Å². The maximum Gasteiger partial charge on any atom is 0.255 e. The van der Waals surface area contributed by atoms with Gasteiger partial charge in [0, 0.05) is 28.9 Å². The summed E-state index contributed by atoms with van der Waals surface area (Å²) in [5.74, 6) is 0.376. The van der Waals surface area contributed by atoms with Gasteiger partial charge in [0.05, 0.1) is 24.3 Å². The number of hydrogen-bond acceptors (Lipinski definition) is 5. The summed E-state index contributed by atoms with van der Waals surface area (Å²) in [6, 6.07) is 7.70. The van der Waals surface area contributed by atoms with E-state index in [9.17, 15) is 10.1 Å². The van der Waals surface area contributed by atoms with Crippen molar-refractivity contribution < 1.29 is 9.53 Å². The van der Waals surface area contributed by atoms with Crippen LogP contribution in [0.25, 0.3) is 5.57 Å². The Bertz CT molecular complexity index is 928. The smallest absolute Gasteiger partial charge is 0.255 e. The molecule has 1 aromatic carbocycles. The van der Waals surface area contributed by atoms with Crippen LogP contribution in [-0.4, -0.2) is 24.5 Å². The van der Waals surface area contributed by atoms with Crippen molar-refractivity contribution in [2.24, 2.45) is 0 Å². The van der Waals surface area contributed by atoms with Gasteiger partial charge in [0.2, 0.25) is 0 Å². The van der Waals surface area contributed by atoms with E-state index < -0.39 is 0 Å². The van der Waals surface area contributed by atoms with E-state index in [1.165, 1.54) is 11.9 Å². The van der Waals surface area contributed by atoms with E-state index in [4.69, 9.17) is 4.74 Å². The number of allylic oxidation sites excluding steroid dienone is 2. The Morgan fingerprint density at radius 1 is 1.43 bits per heavy atom. The Labute approximate surface area is 183 Å². The zero-order chi connectivity index (χ0) is 22.7. The third-order valence-electron chi connectivity index (χ3n) is 4.40. The number of methoxy groups -OCH3 is 1. The van der Waals surface area contributed by atoms with Crippen LogP contribution in [0.15, 0.2) is 48.5 Å². The van der Waals surface area contributed by atoms with Gasteiger partial charge in [0.1, 0.15) is 11.8 Å². The van der Waals surface area contributed by atoms with Gasteiger partial charge >= 0.3 is 0 Å². The lowest BCUT2D eigenvalue weighted by Gasteiger charge is -2.16. The molecule has 3 N–H and O–H groups in total. The zero-order valence-electron chi connectivity index (χ0n) is 18.3. The van der Waals surface area contributed by atoms with Crippen LogP contribution in [0.5, 0.6) is 5.75 Å². The number of carbonyl (C=O) groups is 1. The summed E-state index contributed by atoms with van der Waals surface area (Å²) in [4.78, 5) is 16.4. The molecule has 0 aliphatic rings. The van der Waals surface area contributed by atoms with E-state index in [0.717, 1.165) is 21.7 Å². The van der Waals surface area contributed by atoms with Crippen molar-refractivity contribution in [1.82, 2.24) is 15.0 Å². The monoisotopic (exact) mass is 426 g/mol. The molecule has 7 heteroatoms. The number of nitrogens with zero attached hydrogens (tertiary/aromatic N) is 1. The van der Waals surface area contributed by atoms with Gasteiger partial charge in [-0.15, -0.1) is 13.2 Å². The average molecular weight is 427 g/mol. The molecule has 1 atom stereocenters. The largest absolute Gasteiger partial charge is 0.496 e. The number of rotatable bonds is 8. The molecule has 0 fully saturated rings. The van der Waals surface area contributed by atoms with Crippen LogP contribution in [0.4, 0.5) is 0 Å². The lowest BCUT2D eigenvalue weighted by molar-refractivity contribution is 0.0952. The normalized spacial score (nSPS) is 11.7. The fourth-order valence-electron chi connectivity index (χ4n) is 2.84. The van der Waals surface area contributed by atoms with Crippen LogP contribution in [0.3, 0.4) is 0 Å². The third-order valence-corrected chi connectivity index (χ3v) is 5.36. The molecule has 6 nitrogen and oxygen atoms in total. The number of hydrogen-bond donors (Lipinski definition) is 3. The van der Waals surface area contributed by atoms with Crippen LogP contribution < -0.4 is 14.8 Å². The molecule has 0 aliphatic carbocycles. The summed E-state index contributed by atoms with van der Waals surface area (Å²) >= 11 is 1.43. The molecule has 0 aliphatic heterocycles. The summed E-state index contributed by atoms with van der Waals surface area (Å²) in [7, 11) is 1.55. The summed E-state index contributed by atoms with van der Waals surface area (Å²) in [5, 5.41) is 12.2. The van der Waals surface area contributed by atoms with E-state index >= 15 is 0 Å². The summed E-state index contributed by atoms with van der Waals surface area (Å²) in [6.45, 7) is 14.4. The van der Waals surface area contributed by atoms with E-state index in [1.807, 2.05) is 45.9 Å². The Morgan fingerprint density at radius 3 is 2.70 bits per heavy atom. The lowest BCUT2D eigenvalue weighted by atomic mass is 10.0. The SMILES string of the molecule is C/C=C(/C)c1c(C#N)c[nH]c1C(C)NSc1ccc(OC)c(C(=O)NCC)c1.C=C. The number of nitriles is 1. The summed E-state index contributed by atoms with van der Waals surface area (Å²) < 4.78 is 8.68. The second-order valence-corrected chi connectivity index (χ2v) is 7.15. The van der Waals surface area contributed by atoms with Crippen LogP contribution in [0.2, 0.25) is 0 Å². The van der Waals surface area contributed by atoms with E-state index in [2.05, 4.69) is 34.2 Å². The molecule has 30 heavy (non-hydrogen) atoms. The Hall–Kier alpha value is -2.95. The molecule has 0 spiro atoms. The second kappa shape index (κ2) is 12.6. The van der Waals surface area contributed by atoms with E-state index in [-0.39, 0.29) is 11.9 Å². The highest BCUT2D eigenvalue weighted by molar-refractivity contribution is 7.97. The number of H-pyrrole nitrogens is 1. The molecular weight excluding hydrogens is 396 g/mol. The predicted octanol–water partition coefficient (Wildman–Crippen LogP) is 5.23. The first-order valence-electron chi connectivity index (χ1n) is 9.60. The van der Waals surface area contributed by atoms with Gasteiger partial charge in [-0.05, 0) is 63.4 Å². The van der Waals surface area contributed by atoms with Gasteiger partial charge in [-0.2, -0.15) is 5.26 Å². The topological polar surface area (TPSA) is 89.9 Å². The molecule has 160 valence electrons. The first-order valence-corrected chi connectivity index (χ1v) is 10.4. The zero-order valence-corrected chi connectivity index (χ0v) is 19.1. The van der Waals surface area contributed by atoms with Crippen molar-refractivity contribution in [3.05, 3.63) is 66.0 Å². The van der Waals surface area contributed by atoms with Gasteiger partial charge in [-0.25, -0.2) is 0 Å². The van der Waals surface area contributed by atoms with Crippen molar-refractivity contribution in [1.29, 1.82) is 5.26 Å². The Balaban J connectivity index is 0.00000218. The number of nitrogens with one attached hydrogen (secondary N) is 3. The first kappa shape index (κ1) is 25.1. The lowest BCUT2D eigenvalue weighted by Crippen LogP contribution is -2.23. The Kier molecular flexibility index (Phi) is 10.5. The van der Waals surface area contributed by atoms with Crippen LogP contribution in [0, 0.1) is 11.3 Å². The van der Waals surface area contributed by atoms with Crippen LogP contribution in [-0.2, 0) is 0 Å². The van der Waals surface area contributed by atoms with Crippen molar-refractivity contribution in [3.63, 3.8) is 0 Å². The third kappa shape index (κ3) is 6.02. The molecular formula is C23H30N4O2S. The maximum absolute atomic E-state index is 12.3. The van der Waals surface area contributed by atoms with Crippen molar-refractivity contribution in [3.8, 4) is 11.8 Å². The molecule has 2 aromatic rings. The fraction of sp³-hybridized carbons (Fsp3) is 0.304. The predicted molar refractivity (Wildman–Crippen MR) is 124 cm³/mol. The Morgan fingerprint density at radius 2 is 2.13 bits per heavy atom. The summed E-state index contributed by atoms with van der Waals surface area (Å²) in [5.41, 5.74) is 4.07. The number of aromatic amines is 1. The van der Waals surface area contributed by atoms with Crippen molar-refractivity contribution in [2.45, 2.75) is 38.6 Å². The molecule has 0 radical (unpaired) electrons. The minimum absolute atomic E-state index is 0.0352. The number of benzene rings is 1. The number of amides is 1. The summed E-state index contributed by atoms with van der Waals surface area (Å²) in [6.07, 6.45) is 3.73. The van der Waals surface area contributed by atoms with Crippen molar-refractivity contribution >= 4 is 23.4 Å². The average Bonchev–Trinajstić information content (AvgIpc) is 3.22. The van der Waals surface area contributed by atoms with E-state index in [1.54, 1.807) is 19.4 Å². The van der Waals surface area contributed by atoms with Crippen molar-refractivity contribution in [2.75, 3.05) is 13.7 Å². The highest BCUT2D eigenvalue weighted by Crippen LogP contribution is 2.30. The van der Waals surface area contributed by atoms with Gasteiger partial charge in [-0.1, -0.05) is 6.08 Å². The molecule has 0 bridgehead atoms. The standard InChI is InChI=1S/C21H26N4O2S.C2H4/c1-6-13(3)19-15(11-22)12-24-20(19)14(4)25-28-16-8-9-18(27-5)17(10-16)21(26)23-7-2;1-2/h6,8-10,12,14,24-25H,7H2,1-5H3,(H,23,26);1-2H2/b13-6-;. The minimum atomic E-state index is -0.163. The molecule has 2 rings (SSSR count). The molecule has 1 unspecified atom stereocenters. The van der Waals surface area contributed by atoms with E-state index in [0.29, 0.717) is 23.4 Å². The minimum Gasteiger partial charge on any atom is -0.496 e. The molecule has 0 saturated carbocycles. The molecule has 1 amide bonds. The van der Waals surface area contributed by atoms with Gasteiger partial charge < -0.3 is 15.0 Å². The first-order chi connectivity index (χ1) is 14.5. The van der Waals surface area contributed by atoms with Gasteiger partial charge in [0.25, 0.3) is 5.91 Å². The van der Waals surface area contributed by atoms with Gasteiger partial charge in [0.15, 0.2) is 0 Å². The molecule has 1 heterocycles. The van der Waals surface area contributed by atoms with Crippen LogP contribution >= 0.6 is 11.9 Å². The molecule has 1 aromatic heterocycles. The fourth-order valence-corrected chi connectivity index (χ4v) is 3.58. The number of aromatic nitrogens is 1. The maximum atomic E-state index is 12.3. The second-order valence-electron chi connectivity index (χ2n) is 6.24. The van der Waals surface area contributed by atoms with Gasteiger partial charge in [-0.3, -0.25) is 9.52 Å². The quantitative estimate of drug-likeness (QED) is 0.397. The number of carbonyl (C=O) groups excluding carboxylic acids is 1.